The molecule has 2 aromatic rings. The summed E-state index contributed by atoms with van der Waals surface area (Å²) in [6.45, 7) is 5.69. The molecule has 1 aliphatic rings. The molecule has 0 spiro atoms. The lowest BCUT2D eigenvalue weighted by Gasteiger charge is -2.16. The Balaban J connectivity index is 2.30. The molecule has 0 aliphatic carbocycles. The lowest BCUT2D eigenvalue weighted by molar-refractivity contribution is 0.0989. The summed E-state index contributed by atoms with van der Waals surface area (Å²) in [6.07, 6.45) is 0. The van der Waals surface area contributed by atoms with Crippen LogP contribution in [0.15, 0.2) is 41.3 Å². The third-order valence-electron chi connectivity index (χ3n) is 4.01. The van der Waals surface area contributed by atoms with E-state index in [0.29, 0.717) is 11.1 Å². The lowest BCUT2D eigenvalue weighted by atomic mass is 9.93. The minimum Gasteiger partial charge on any atom is -0.292 e. The van der Waals surface area contributed by atoms with E-state index in [1.54, 1.807) is 18.2 Å². The predicted octanol–water partition coefficient (Wildman–Crippen LogP) is 3.32. The summed E-state index contributed by atoms with van der Waals surface area (Å²) in [5.41, 5.74) is 3.70. The Hall–Kier alpha value is -1.94. The first-order valence-corrected chi connectivity index (χ1v) is 8.33. The highest BCUT2D eigenvalue weighted by Crippen LogP contribution is 2.42. The second kappa shape index (κ2) is 4.53. The third kappa shape index (κ3) is 1.94. The van der Waals surface area contributed by atoms with Crippen molar-refractivity contribution < 1.29 is 13.2 Å². The summed E-state index contributed by atoms with van der Waals surface area (Å²) < 4.78 is 25.5. The molecule has 3 rings (SSSR count). The number of Topliss-reactive ketones (excluding diaryl/α,β-unsaturated/α-hetero) is 1. The van der Waals surface area contributed by atoms with Gasteiger partial charge in [0, 0.05) is 5.56 Å². The Morgan fingerprint density at radius 3 is 2.10 bits per heavy atom. The van der Waals surface area contributed by atoms with Crippen molar-refractivity contribution >= 4 is 15.6 Å². The molecule has 4 heteroatoms. The molecule has 0 saturated carbocycles. The zero-order chi connectivity index (χ0) is 15.4. The van der Waals surface area contributed by atoms with E-state index >= 15 is 0 Å². The first kappa shape index (κ1) is 14.0. The van der Waals surface area contributed by atoms with E-state index in [1.165, 1.54) is 6.07 Å². The molecule has 2 aromatic carbocycles. The van der Waals surface area contributed by atoms with Gasteiger partial charge in [0.05, 0.1) is 4.90 Å². The zero-order valence-electron chi connectivity index (χ0n) is 12.2. The molecule has 0 bridgehead atoms. The quantitative estimate of drug-likeness (QED) is 0.811. The molecule has 0 aromatic heterocycles. The summed E-state index contributed by atoms with van der Waals surface area (Å²) in [5, 5.41) is -1.10. The van der Waals surface area contributed by atoms with Crippen LogP contribution in [0.2, 0.25) is 0 Å². The molecule has 1 unspecified atom stereocenters. The van der Waals surface area contributed by atoms with Gasteiger partial charge in [-0.15, -0.1) is 0 Å². The zero-order valence-corrected chi connectivity index (χ0v) is 13.0. The number of rotatable bonds is 1. The van der Waals surface area contributed by atoms with Crippen molar-refractivity contribution in [2.24, 2.45) is 0 Å². The van der Waals surface area contributed by atoms with Crippen LogP contribution in [0.1, 0.15) is 37.9 Å². The van der Waals surface area contributed by atoms with Crippen LogP contribution < -0.4 is 0 Å². The fraction of sp³-hybridized carbons (Fsp3) is 0.235. The number of hydrogen-bond acceptors (Lipinski definition) is 3. The largest absolute Gasteiger partial charge is 0.292 e. The van der Waals surface area contributed by atoms with E-state index in [-0.39, 0.29) is 10.7 Å². The number of fused-ring (bicyclic) bond motifs is 1. The molecule has 0 amide bonds. The van der Waals surface area contributed by atoms with Gasteiger partial charge in [-0.2, -0.15) is 0 Å². The van der Waals surface area contributed by atoms with E-state index in [0.717, 1.165) is 16.7 Å². The summed E-state index contributed by atoms with van der Waals surface area (Å²) in [5.74, 6) is -0.319. The summed E-state index contributed by atoms with van der Waals surface area (Å²) in [4.78, 5) is 12.8. The van der Waals surface area contributed by atoms with Crippen molar-refractivity contribution in [3.05, 3.63) is 64.2 Å². The molecule has 1 heterocycles. The molecular formula is C17H16O3S. The Labute approximate surface area is 124 Å². The number of sulfone groups is 1. The highest BCUT2D eigenvalue weighted by atomic mass is 32.2. The van der Waals surface area contributed by atoms with Gasteiger partial charge in [0.2, 0.25) is 0 Å². The smallest absolute Gasteiger partial charge is 0.193 e. The molecule has 21 heavy (non-hydrogen) atoms. The van der Waals surface area contributed by atoms with Crippen molar-refractivity contribution in [3.8, 4) is 0 Å². The van der Waals surface area contributed by atoms with Crippen molar-refractivity contribution in [1.82, 2.24) is 0 Å². The van der Waals surface area contributed by atoms with Gasteiger partial charge < -0.3 is 0 Å². The Morgan fingerprint density at radius 2 is 1.52 bits per heavy atom. The van der Waals surface area contributed by atoms with Crippen LogP contribution in [0.4, 0.5) is 0 Å². The van der Waals surface area contributed by atoms with Gasteiger partial charge in [0.25, 0.3) is 0 Å². The number of benzene rings is 2. The van der Waals surface area contributed by atoms with Gasteiger partial charge in [0.15, 0.2) is 20.9 Å². The number of ketones is 1. The van der Waals surface area contributed by atoms with E-state index in [9.17, 15) is 13.2 Å². The second-order valence-electron chi connectivity index (χ2n) is 5.60. The Kier molecular flexibility index (Phi) is 3.02. The maximum atomic E-state index is 12.8. The van der Waals surface area contributed by atoms with Crippen LogP contribution in [0.5, 0.6) is 0 Å². The number of carbonyl (C=O) groups is 1. The molecule has 0 saturated heterocycles. The maximum Gasteiger partial charge on any atom is 0.193 e. The van der Waals surface area contributed by atoms with Crippen LogP contribution in [0.3, 0.4) is 0 Å². The van der Waals surface area contributed by atoms with Crippen molar-refractivity contribution in [2.45, 2.75) is 30.9 Å². The van der Waals surface area contributed by atoms with Gasteiger partial charge in [-0.3, -0.25) is 4.79 Å². The van der Waals surface area contributed by atoms with E-state index < -0.39 is 15.1 Å². The third-order valence-corrected chi connectivity index (χ3v) is 6.05. The first-order valence-electron chi connectivity index (χ1n) is 6.79. The van der Waals surface area contributed by atoms with Crippen LogP contribution >= 0.6 is 0 Å². The molecule has 0 N–H and O–H groups in total. The van der Waals surface area contributed by atoms with E-state index in [2.05, 4.69) is 0 Å². The average molecular weight is 300 g/mol. The van der Waals surface area contributed by atoms with Crippen LogP contribution in [0, 0.1) is 20.8 Å². The molecule has 0 fully saturated rings. The minimum atomic E-state index is -3.66. The topological polar surface area (TPSA) is 51.2 Å². The molecule has 1 aliphatic heterocycles. The van der Waals surface area contributed by atoms with Crippen molar-refractivity contribution in [2.75, 3.05) is 0 Å². The number of aryl methyl sites for hydroxylation is 3. The highest BCUT2D eigenvalue weighted by molar-refractivity contribution is 7.93. The molecule has 108 valence electrons. The fourth-order valence-electron chi connectivity index (χ4n) is 3.22. The van der Waals surface area contributed by atoms with Gasteiger partial charge in [0.1, 0.15) is 0 Å². The molecule has 0 radical (unpaired) electrons. The van der Waals surface area contributed by atoms with E-state index in [1.807, 2.05) is 32.9 Å². The molecular weight excluding hydrogens is 284 g/mol. The van der Waals surface area contributed by atoms with Crippen molar-refractivity contribution in [3.63, 3.8) is 0 Å². The second-order valence-corrected chi connectivity index (χ2v) is 7.60. The number of hydrogen-bond donors (Lipinski definition) is 0. The monoisotopic (exact) mass is 300 g/mol. The maximum absolute atomic E-state index is 12.8. The first-order chi connectivity index (χ1) is 9.84. The van der Waals surface area contributed by atoms with Gasteiger partial charge in [-0.25, -0.2) is 8.42 Å². The summed E-state index contributed by atoms with van der Waals surface area (Å²) in [6, 6.07) is 10.3. The van der Waals surface area contributed by atoms with Gasteiger partial charge in [-0.1, -0.05) is 35.9 Å². The lowest BCUT2D eigenvalue weighted by Crippen LogP contribution is -2.16. The Morgan fingerprint density at radius 1 is 0.952 bits per heavy atom. The van der Waals surface area contributed by atoms with Gasteiger partial charge >= 0.3 is 0 Å². The van der Waals surface area contributed by atoms with Crippen molar-refractivity contribution in [1.29, 1.82) is 0 Å². The highest BCUT2D eigenvalue weighted by Gasteiger charge is 2.46. The van der Waals surface area contributed by atoms with Gasteiger partial charge in [-0.05, 0) is 43.5 Å². The fourth-order valence-corrected chi connectivity index (χ4v) is 5.31. The van der Waals surface area contributed by atoms with E-state index in [4.69, 9.17) is 0 Å². The number of carbonyl (C=O) groups excluding carboxylic acids is 1. The predicted molar refractivity (Wildman–Crippen MR) is 81.4 cm³/mol. The normalized spacial score (nSPS) is 19.6. The molecule has 1 atom stereocenters. The summed E-state index contributed by atoms with van der Waals surface area (Å²) >= 11 is 0. The summed E-state index contributed by atoms with van der Waals surface area (Å²) in [7, 11) is -3.66. The van der Waals surface area contributed by atoms with Crippen LogP contribution in [0.25, 0.3) is 0 Å². The minimum absolute atomic E-state index is 0.152. The molecule has 3 nitrogen and oxygen atoms in total. The Bertz CT molecular complexity index is 840. The van der Waals surface area contributed by atoms with Crippen LogP contribution in [-0.4, -0.2) is 14.2 Å². The standard InChI is InChI=1S/C17H16O3S/c1-10-8-11(2)15(12(3)9-10)17-16(18)13-6-4-5-7-14(13)21(17,19)20/h4-9,17H,1-3H3. The average Bonchev–Trinajstić information content (AvgIpc) is 2.59. The SMILES string of the molecule is Cc1cc(C)c(C2C(=O)c3ccccc3S2(=O)=O)c(C)c1. The van der Waals surface area contributed by atoms with Crippen LogP contribution in [-0.2, 0) is 9.84 Å².